The molecule has 0 saturated carbocycles. The SMILES string of the molecule is OC/C=C/CNCc1ccccc1. The fraction of sp³-hybridized carbons (Fsp3) is 0.273. The molecule has 0 heterocycles. The summed E-state index contributed by atoms with van der Waals surface area (Å²) in [5.41, 5.74) is 1.28. The monoisotopic (exact) mass is 177 g/mol. The Morgan fingerprint density at radius 2 is 1.92 bits per heavy atom. The van der Waals surface area contributed by atoms with E-state index in [-0.39, 0.29) is 6.61 Å². The van der Waals surface area contributed by atoms with Gasteiger partial charge >= 0.3 is 0 Å². The summed E-state index contributed by atoms with van der Waals surface area (Å²) in [5.74, 6) is 0. The van der Waals surface area contributed by atoms with Crippen molar-refractivity contribution < 1.29 is 5.11 Å². The van der Waals surface area contributed by atoms with E-state index >= 15 is 0 Å². The van der Waals surface area contributed by atoms with Crippen molar-refractivity contribution in [2.75, 3.05) is 13.2 Å². The van der Waals surface area contributed by atoms with Crippen LogP contribution in [-0.4, -0.2) is 18.3 Å². The molecule has 2 nitrogen and oxygen atoms in total. The molecule has 0 bridgehead atoms. The predicted octanol–water partition coefficient (Wildman–Crippen LogP) is 1.32. The molecule has 0 fully saturated rings. The second-order valence-corrected chi connectivity index (χ2v) is 2.77. The average molecular weight is 177 g/mol. The number of hydrogen-bond donors (Lipinski definition) is 2. The van der Waals surface area contributed by atoms with Crippen molar-refractivity contribution >= 4 is 0 Å². The molecule has 2 heteroatoms. The Balaban J connectivity index is 2.17. The number of rotatable bonds is 5. The zero-order valence-corrected chi connectivity index (χ0v) is 7.61. The molecule has 0 unspecified atom stereocenters. The van der Waals surface area contributed by atoms with Crippen LogP contribution in [0.5, 0.6) is 0 Å². The fourth-order valence-electron chi connectivity index (χ4n) is 1.05. The van der Waals surface area contributed by atoms with E-state index in [1.807, 2.05) is 24.3 Å². The average Bonchev–Trinajstić information content (AvgIpc) is 2.19. The minimum absolute atomic E-state index is 0.118. The molecule has 0 aliphatic carbocycles. The molecule has 1 rings (SSSR count). The molecule has 70 valence electrons. The highest BCUT2D eigenvalue weighted by atomic mass is 16.2. The summed E-state index contributed by atoms with van der Waals surface area (Å²) in [6, 6.07) is 10.2. The highest BCUT2D eigenvalue weighted by molar-refractivity contribution is 5.14. The van der Waals surface area contributed by atoms with E-state index < -0.39 is 0 Å². The maximum Gasteiger partial charge on any atom is 0.0612 e. The van der Waals surface area contributed by atoms with Gasteiger partial charge in [-0.15, -0.1) is 0 Å². The molecule has 0 atom stereocenters. The molecule has 0 aromatic heterocycles. The first-order valence-electron chi connectivity index (χ1n) is 4.44. The summed E-state index contributed by atoms with van der Waals surface area (Å²) in [4.78, 5) is 0. The molecule has 2 N–H and O–H groups in total. The Morgan fingerprint density at radius 1 is 1.15 bits per heavy atom. The van der Waals surface area contributed by atoms with Crippen molar-refractivity contribution in [3.63, 3.8) is 0 Å². The number of nitrogens with one attached hydrogen (secondary N) is 1. The van der Waals surface area contributed by atoms with Crippen molar-refractivity contribution in [1.82, 2.24) is 5.32 Å². The van der Waals surface area contributed by atoms with Gasteiger partial charge in [0.25, 0.3) is 0 Å². The van der Waals surface area contributed by atoms with Gasteiger partial charge in [0.2, 0.25) is 0 Å². The lowest BCUT2D eigenvalue weighted by Crippen LogP contribution is -2.12. The normalized spacial score (nSPS) is 10.8. The Kier molecular flexibility index (Phi) is 4.91. The standard InChI is InChI=1S/C11H15NO/c13-9-5-4-8-12-10-11-6-2-1-3-7-11/h1-7,12-13H,8-10H2/b5-4+. The van der Waals surface area contributed by atoms with Gasteiger partial charge in [-0.25, -0.2) is 0 Å². The molecule has 0 amide bonds. The van der Waals surface area contributed by atoms with Crippen molar-refractivity contribution in [2.45, 2.75) is 6.54 Å². The summed E-state index contributed by atoms with van der Waals surface area (Å²) < 4.78 is 0. The van der Waals surface area contributed by atoms with Crippen molar-refractivity contribution in [3.05, 3.63) is 48.0 Å². The van der Waals surface area contributed by atoms with Crippen molar-refractivity contribution in [1.29, 1.82) is 0 Å². The van der Waals surface area contributed by atoms with Crippen LogP contribution >= 0.6 is 0 Å². The van der Waals surface area contributed by atoms with Gasteiger partial charge in [0.05, 0.1) is 6.61 Å². The first kappa shape index (κ1) is 9.96. The second-order valence-electron chi connectivity index (χ2n) is 2.77. The lowest BCUT2D eigenvalue weighted by Gasteiger charge is -2.00. The van der Waals surface area contributed by atoms with Crippen LogP contribution in [0.15, 0.2) is 42.5 Å². The lowest BCUT2D eigenvalue weighted by atomic mass is 10.2. The molecule has 0 saturated heterocycles. The van der Waals surface area contributed by atoms with Gasteiger partial charge in [-0.05, 0) is 5.56 Å². The van der Waals surface area contributed by atoms with Crippen LogP contribution in [0, 0.1) is 0 Å². The maximum absolute atomic E-state index is 8.47. The van der Waals surface area contributed by atoms with Crippen LogP contribution in [-0.2, 0) is 6.54 Å². The third kappa shape index (κ3) is 4.45. The number of hydrogen-bond acceptors (Lipinski definition) is 2. The van der Waals surface area contributed by atoms with Gasteiger partial charge < -0.3 is 10.4 Å². The maximum atomic E-state index is 8.47. The number of aliphatic hydroxyl groups excluding tert-OH is 1. The van der Waals surface area contributed by atoms with Crippen molar-refractivity contribution in [2.24, 2.45) is 0 Å². The van der Waals surface area contributed by atoms with Gasteiger partial charge in [-0.1, -0.05) is 42.5 Å². The van der Waals surface area contributed by atoms with Gasteiger partial charge in [0.15, 0.2) is 0 Å². The summed E-state index contributed by atoms with van der Waals surface area (Å²) in [7, 11) is 0. The second kappa shape index (κ2) is 6.40. The Labute approximate surface area is 78.9 Å². The van der Waals surface area contributed by atoms with E-state index in [4.69, 9.17) is 5.11 Å². The Morgan fingerprint density at radius 3 is 2.62 bits per heavy atom. The Bertz CT molecular complexity index is 244. The van der Waals surface area contributed by atoms with Crippen LogP contribution in [0.4, 0.5) is 0 Å². The van der Waals surface area contributed by atoms with E-state index in [0.29, 0.717) is 0 Å². The van der Waals surface area contributed by atoms with E-state index in [1.54, 1.807) is 6.08 Å². The Hall–Kier alpha value is -1.12. The van der Waals surface area contributed by atoms with Crippen molar-refractivity contribution in [3.8, 4) is 0 Å². The van der Waals surface area contributed by atoms with E-state index in [9.17, 15) is 0 Å². The quantitative estimate of drug-likeness (QED) is 0.525. The highest BCUT2D eigenvalue weighted by Crippen LogP contribution is 1.96. The van der Waals surface area contributed by atoms with Crippen LogP contribution in [0.2, 0.25) is 0 Å². The van der Waals surface area contributed by atoms with Crippen LogP contribution in [0.3, 0.4) is 0 Å². The molecule has 0 radical (unpaired) electrons. The molecular formula is C11H15NO. The van der Waals surface area contributed by atoms with E-state index in [1.165, 1.54) is 5.56 Å². The zero-order valence-electron chi connectivity index (χ0n) is 7.61. The predicted molar refractivity (Wildman–Crippen MR) is 54.4 cm³/mol. The summed E-state index contributed by atoms with van der Waals surface area (Å²) in [5, 5.41) is 11.7. The van der Waals surface area contributed by atoms with Crippen LogP contribution < -0.4 is 5.32 Å². The topological polar surface area (TPSA) is 32.3 Å². The van der Waals surface area contributed by atoms with Gasteiger partial charge in [0, 0.05) is 13.1 Å². The fourth-order valence-corrected chi connectivity index (χ4v) is 1.05. The minimum Gasteiger partial charge on any atom is -0.392 e. The molecule has 13 heavy (non-hydrogen) atoms. The van der Waals surface area contributed by atoms with Gasteiger partial charge in [-0.3, -0.25) is 0 Å². The smallest absolute Gasteiger partial charge is 0.0612 e. The summed E-state index contributed by atoms with van der Waals surface area (Å²) in [6.07, 6.45) is 3.65. The van der Waals surface area contributed by atoms with Crippen LogP contribution in [0.1, 0.15) is 5.56 Å². The number of benzene rings is 1. The first-order chi connectivity index (χ1) is 6.43. The van der Waals surface area contributed by atoms with Crippen LogP contribution in [0.25, 0.3) is 0 Å². The zero-order chi connectivity index (χ0) is 9.36. The van der Waals surface area contributed by atoms with Gasteiger partial charge in [-0.2, -0.15) is 0 Å². The van der Waals surface area contributed by atoms with Gasteiger partial charge in [0.1, 0.15) is 0 Å². The van der Waals surface area contributed by atoms with E-state index in [0.717, 1.165) is 13.1 Å². The molecule has 1 aromatic carbocycles. The molecule has 0 aliphatic heterocycles. The molecule has 0 aliphatic rings. The lowest BCUT2D eigenvalue weighted by molar-refractivity contribution is 0.342. The van der Waals surface area contributed by atoms with E-state index in [2.05, 4.69) is 17.4 Å². The molecular weight excluding hydrogens is 162 g/mol. The third-order valence-corrected chi connectivity index (χ3v) is 1.71. The summed E-state index contributed by atoms with van der Waals surface area (Å²) in [6.45, 7) is 1.79. The molecule has 0 spiro atoms. The number of aliphatic hydroxyl groups is 1. The minimum atomic E-state index is 0.118. The highest BCUT2D eigenvalue weighted by Gasteiger charge is 1.87. The summed E-state index contributed by atoms with van der Waals surface area (Å²) >= 11 is 0. The third-order valence-electron chi connectivity index (χ3n) is 1.71. The largest absolute Gasteiger partial charge is 0.392 e. The molecule has 1 aromatic rings. The first-order valence-corrected chi connectivity index (χ1v) is 4.44.